The fourth-order valence-electron chi connectivity index (χ4n) is 5.62. The normalized spacial score (nSPS) is 28.2. The van der Waals surface area contributed by atoms with E-state index in [1.54, 1.807) is 6.08 Å². The van der Waals surface area contributed by atoms with Gasteiger partial charge in [0.2, 0.25) is 5.91 Å². The van der Waals surface area contributed by atoms with Gasteiger partial charge in [-0.05, 0) is 48.8 Å². The Morgan fingerprint density at radius 1 is 1.16 bits per heavy atom. The number of carbonyl (C=O) groups excluding carboxylic acids is 1. The van der Waals surface area contributed by atoms with Crippen molar-refractivity contribution in [2.75, 3.05) is 11.9 Å². The number of anilines is 1. The molecule has 0 aromatic heterocycles. The average molecular weight is 432 g/mol. The molecule has 2 aromatic rings. The van der Waals surface area contributed by atoms with Gasteiger partial charge in [0.25, 0.3) is 0 Å². The summed E-state index contributed by atoms with van der Waals surface area (Å²) < 4.78 is 0. The molecule has 0 bridgehead atoms. The van der Waals surface area contributed by atoms with Gasteiger partial charge in [-0.15, -0.1) is 6.58 Å². The molecule has 5 rings (SSSR count). The molecule has 6 nitrogen and oxygen atoms in total. The van der Waals surface area contributed by atoms with Crippen LogP contribution in [0.2, 0.25) is 0 Å². The Bertz CT molecular complexity index is 1040. The quantitative estimate of drug-likeness (QED) is 0.577. The monoisotopic (exact) mass is 431 g/mol. The first kappa shape index (κ1) is 20.6. The molecule has 1 aliphatic carbocycles. The molecule has 6 heteroatoms. The van der Waals surface area contributed by atoms with Crippen molar-refractivity contribution in [2.24, 2.45) is 11.8 Å². The number of amides is 2. The van der Waals surface area contributed by atoms with Gasteiger partial charge in [0, 0.05) is 18.2 Å². The maximum Gasteiger partial charge on any atom is 0.408 e. The van der Waals surface area contributed by atoms with Crippen LogP contribution < -0.4 is 10.6 Å². The summed E-state index contributed by atoms with van der Waals surface area (Å²) in [5, 5.41) is 17.1. The summed E-state index contributed by atoms with van der Waals surface area (Å²) in [7, 11) is 0. The van der Waals surface area contributed by atoms with E-state index < -0.39 is 17.7 Å². The second-order valence-electron chi connectivity index (χ2n) is 9.26. The smallest absolute Gasteiger partial charge is 0.408 e. The molecular weight excluding hydrogens is 402 g/mol. The number of likely N-dealkylation sites (tertiary alicyclic amines) is 1. The zero-order valence-electron chi connectivity index (χ0n) is 18.0. The van der Waals surface area contributed by atoms with Crippen LogP contribution >= 0.6 is 0 Å². The van der Waals surface area contributed by atoms with Gasteiger partial charge in [-0.1, -0.05) is 54.6 Å². The summed E-state index contributed by atoms with van der Waals surface area (Å²) in [4.78, 5) is 27.8. The van der Waals surface area contributed by atoms with Crippen LogP contribution in [0.4, 0.5) is 10.5 Å². The Balaban J connectivity index is 1.62. The number of hydrogen-bond donors (Lipinski definition) is 3. The molecule has 1 saturated heterocycles. The van der Waals surface area contributed by atoms with Gasteiger partial charge >= 0.3 is 6.09 Å². The van der Waals surface area contributed by atoms with Crippen molar-refractivity contribution in [3.8, 4) is 0 Å². The molecule has 1 saturated carbocycles. The molecule has 2 amide bonds. The third-order valence-corrected chi connectivity index (χ3v) is 7.25. The molecule has 2 aliphatic heterocycles. The first-order valence-corrected chi connectivity index (χ1v) is 11.4. The van der Waals surface area contributed by atoms with Crippen molar-refractivity contribution in [1.82, 2.24) is 10.2 Å². The first-order valence-electron chi connectivity index (χ1n) is 11.4. The average Bonchev–Trinajstić information content (AvgIpc) is 3.57. The third-order valence-electron chi connectivity index (χ3n) is 7.25. The van der Waals surface area contributed by atoms with Gasteiger partial charge < -0.3 is 15.7 Å². The van der Waals surface area contributed by atoms with Crippen LogP contribution in [0.5, 0.6) is 0 Å². The maximum absolute atomic E-state index is 13.6. The lowest BCUT2D eigenvalue weighted by Crippen LogP contribution is -2.57. The topological polar surface area (TPSA) is 81.7 Å². The Labute approximate surface area is 188 Å². The molecule has 2 fully saturated rings. The molecule has 0 spiro atoms. The largest absolute Gasteiger partial charge is 0.465 e. The van der Waals surface area contributed by atoms with Gasteiger partial charge in [-0.2, -0.15) is 0 Å². The van der Waals surface area contributed by atoms with E-state index in [9.17, 15) is 14.7 Å². The van der Waals surface area contributed by atoms with Gasteiger partial charge in [0.05, 0.1) is 12.1 Å². The lowest BCUT2D eigenvalue weighted by Gasteiger charge is -2.41. The number of benzene rings is 2. The van der Waals surface area contributed by atoms with Crippen LogP contribution in [0, 0.1) is 11.8 Å². The van der Waals surface area contributed by atoms with E-state index in [2.05, 4.69) is 29.3 Å². The Morgan fingerprint density at radius 3 is 2.56 bits per heavy atom. The molecule has 3 aliphatic rings. The van der Waals surface area contributed by atoms with Crippen molar-refractivity contribution in [3.05, 3.63) is 78.4 Å². The molecule has 166 valence electrons. The Morgan fingerprint density at radius 2 is 1.88 bits per heavy atom. The second-order valence-corrected chi connectivity index (χ2v) is 9.26. The highest BCUT2D eigenvalue weighted by Crippen LogP contribution is 2.57. The van der Waals surface area contributed by atoms with Crippen molar-refractivity contribution in [1.29, 1.82) is 0 Å². The summed E-state index contributed by atoms with van der Waals surface area (Å²) in [6.45, 7) is 4.49. The highest BCUT2D eigenvalue weighted by atomic mass is 16.4. The molecule has 4 unspecified atom stereocenters. The Kier molecular flexibility index (Phi) is 5.16. The Hall–Kier alpha value is -3.28. The predicted octanol–water partition coefficient (Wildman–Crippen LogP) is 4.74. The maximum atomic E-state index is 13.6. The van der Waals surface area contributed by atoms with Crippen LogP contribution in [-0.4, -0.2) is 34.1 Å². The van der Waals surface area contributed by atoms with Crippen molar-refractivity contribution in [2.45, 2.75) is 43.3 Å². The van der Waals surface area contributed by atoms with Crippen LogP contribution in [0.25, 0.3) is 0 Å². The molecule has 2 heterocycles. The van der Waals surface area contributed by atoms with E-state index in [4.69, 9.17) is 0 Å². The number of carbonyl (C=O) groups is 2. The van der Waals surface area contributed by atoms with Crippen molar-refractivity contribution in [3.63, 3.8) is 0 Å². The third kappa shape index (κ3) is 3.34. The first-order chi connectivity index (χ1) is 15.5. The van der Waals surface area contributed by atoms with Crippen LogP contribution in [0.3, 0.4) is 0 Å². The lowest BCUT2D eigenvalue weighted by molar-refractivity contribution is -0.131. The molecule has 0 radical (unpaired) electrons. The minimum Gasteiger partial charge on any atom is -0.465 e. The standard InChI is InChI=1S/C26H29N3O3/c1-2-14-26(24(30)27-16-17-12-13-17)15-20-22(18-8-4-3-5-9-18)28-21-11-7-6-10-19(21)23(20)29(26)25(31)32/h2-11,17,20,22-23,28H,1,12-16H2,(H,27,30)(H,31,32). The van der Waals surface area contributed by atoms with E-state index in [1.165, 1.54) is 4.90 Å². The van der Waals surface area contributed by atoms with Crippen molar-refractivity contribution >= 4 is 17.7 Å². The number of nitrogens with one attached hydrogen (secondary N) is 2. The second kappa shape index (κ2) is 8.01. The van der Waals surface area contributed by atoms with E-state index in [-0.39, 0.29) is 24.3 Å². The number of hydrogen-bond acceptors (Lipinski definition) is 3. The van der Waals surface area contributed by atoms with Gasteiger partial charge in [0.1, 0.15) is 5.54 Å². The predicted molar refractivity (Wildman–Crippen MR) is 123 cm³/mol. The highest BCUT2D eigenvalue weighted by molar-refractivity contribution is 5.91. The zero-order valence-corrected chi connectivity index (χ0v) is 18.0. The van der Waals surface area contributed by atoms with E-state index in [0.717, 1.165) is 29.7 Å². The van der Waals surface area contributed by atoms with Crippen LogP contribution in [0.1, 0.15) is 48.9 Å². The number of fused-ring (bicyclic) bond motifs is 3. The van der Waals surface area contributed by atoms with Gasteiger partial charge in [-0.3, -0.25) is 9.69 Å². The van der Waals surface area contributed by atoms with Gasteiger partial charge in [-0.25, -0.2) is 4.79 Å². The summed E-state index contributed by atoms with van der Waals surface area (Å²) >= 11 is 0. The van der Waals surface area contributed by atoms with E-state index >= 15 is 0 Å². The van der Waals surface area contributed by atoms with Gasteiger partial charge in [0.15, 0.2) is 0 Å². The SMILES string of the molecule is C=CCC1(C(=O)NCC2CC2)CC2C(c3ccccc3)Nc3ccccc3C2N1C(=O)O. The number of rotatable bonds is 6. The fraction of sp³-hybridized carbons (Fsp3) is 0.385. The fourth-order valence-corrected chi connectivity index (χ4v) is 5.62. The molecular formula is C26H29N3O3. The number of para-hydroxylation sites is 1. The van der Waals surface area contributed by atoms with Crippen LogP contribution in [0.15, 0.2) is 67.3 Å². The number of carboxylic acid groups (broad SMARTS) is 1. The molecule has 32 heavy (non-hydrogen) atoms. The minimum absolute atomic E-state index is 0.0879. The highest BCUT2D eigenvalue weighted by Gasteiger charge is 2.61. The van der Waals surface area contributed by atoms with E-state index in [0.29, 0.717) is 18.9 Å². The van der Waals surface area contributed by atoms with E-state index in [1.807, 2.05) is 42.5 Å². The summed E-state index contributed by atoms with van der Waals surface area (Å²) in [5.74, 6) is 0.224. The summed E-state index contributed by atoms with van der Waals surface area (Å²) in [5.41, 5.74) is 1.76. The van der Waals surface area contributed by atoms with Crippen molar-refractivity contribution < 1.29 is 14.7 Å². The minimum atomic E-state index is -1.18. The molecule has 2 aromatic carbocycles. The lowest BCUT2D eigenvalue weighted by atomic mass is 9.77. The number of nitrogens with zero attached hydrogens (tertiary/aromatic N) is 1. The van der Waals surface area contributed by atoms with Crippen LogP contribution in [-0.2, 0) is 4.79 Å². The molecule has 3 N–H and O–H groups in total. The zero-order chi connectivity index (χ0) is 22.3. The summed E-state index contributed by atoms with van der Waals surface area (Å²) in [6, 6.07) is 17.4. The summed E-state index contributed by atoms with van der Waals surface area (Å²) in [6.07, 6.45) is 3.58. The molecule has 4 atom stereocenters.